The van der Waals surface area contributed by atoms with Crippen molar-refractivity contribution in [3.05, 3.63) is 137 Å². The van der Waals surface area contributed by atoms with E-state index in [9.17, 15) is 22.4 Å². The Hall–Kier alpha value is -4.38. The molecular formula is C44H53FN2O6S. The minimum absolute atomic E-state index is 0.0000305. The van der Waals surface area contributed by atoms with E-state index in [0.29, 0.717) is 44.4 Å². The van der Waals surface area contributed by atoms with Crippen LogP contribution >= 0.6 is 0 Å². The molecule has 4 aromatic rings. The lowest BCUT2D eigenvalue weighted by Crippen LogP contribution is -2.55. The Morgan fingerprint density at radius 2 is 1.44 bits per heavy atom. The maximum absolute atomic E-state index is 13.9. The van der Waals surface area contributed by atoms with Crippen LogP contribution in [0, 0.1) is 11.7 Å². The summed E-state index contributed by atoms with van der Waals surface area (Å²) < 4.78 is 50.0. The first kappa shape index (κ1) is 40.8. The van der Waals surface area contributed by atoms with Gasteiger partial charge in [-0.05, 0) is 97.0 Å². The predicted molar refractivity (Wildman–Crippen MR) is 211 cm³/mol. The molecule has 3 atom stereocenters. The van der Waals surface area contributed by atoms with Crippen LogP contribution in [-0.4, -0.2) is 51.1 Å². The van der Waals surface area contributed by atoms with Crippen molar-refractivity contribution >= 4 is 27.6 Å². The van der Waals surface area contributed by atoms with Crippen molar-refractivity contribution in [2.75, 3.05) is 31.4 Å². The lowest BCUT2D eigenvalue weighted by Gasteiger charge is -2.48. The van der Waals surface area contributed by atoms with Gasteiger partial charge in [0.25, 0.3) is 0 Å². The highest BCUT2D eigenvalue weighted by Crippen LogP contribution is 2.46. The highest BCUT2D eigenvalue weighted by molar-refractivity contribution is 7.88. The topological polar surface area (TPSA) is 93.2 Å². The van der Waals surface area contributed by atoms with E-state index in [1.807, 2.05) is 47.4 Å². The first-order chi connectivity index (χ1) is 26.0. The van der Waals surface area contributed by atoms with Crippen LogP contribution in [0.3, 0.4) is 0 Å². The molecule has 288 valence electrons. The van der Waals surface area contributed by atoms with Crippen molar-refractivity contribution < 1.29 is 31.9 Å². The molecule has 1 aliphatic heterocycles. The van der Waals surface area contributed by atoms with E-state index in [0.717, 1.165) is 55.5 Å². The molecule has 0 aromatic heterocycles. The second-order valence-corrected chi connectivity index (χ2v) is 16.4. The van der Waals surface area contributed by atoms with Gasteiger partial charge in [-0.15, -0.1) is 0 Å². The van der Waals surface area contributed by atoms with Crippen molar-refractivity contribution in [1.29, 1.82) is 0 Å². The zero-order chi connectivity index (χ0) is 38.5. The molecule has 54 heavy (non-hydrogen) atoms. The summed E-state index contributed by atoms with van der Waals surface area (Å²) in [7, 11) is -1.64. The summed E-state index contributed by atoms with van der Waals surface area (Å²) in [5, 5.41) is 0. The number of halogens is 1. The Morgan fingerprint density at radius 3 is 2.09 bits per heavy atom. The van der Waals surface area contributed by atoms with Crippen LogP contribution in [0.25, 0.3) is 0 Å². The van der Waals surface area contributed by atoms with Crippen LogP contribution in [0.1, 0.15) is 91.8 Å². The zero-order valence-electron chi connectivity index (χ0n) is 31.7. The third kappa shape index (κ3) is 11.8. The molecule has 1 amide bonds. The molecule has 4 aromatic carbocycles. The fourth-order valence-corrected chi connectivity index (χ4v) is 7.49. The number of aryl methyl sites for hydroxylation is 2. The number of hydrogen-bond acceptors (Lipinski definition) is 6. The second kappa shape index (κ2) is 19.8. The summed E-state index contributed by atoms with van der Waals surface area (Å²) in [5.74, 6) is -1.13. The van der Waals surface area contributed by atoms with Crippen molar-refractivity contribution in [3.63, 3.8) is 0 Å². The summed E-state index contributed by atoms with van der Waals surface area (Å²) in [6, 6.07) is 32.4. The van der Waals surface area contributed by atoms with Gasteiger partial charge in [0.15, 0.2) is 0 Å². The molecule has 0 spiro atoms. The van der Waals surface area contributed by atoms with E-state index in [1.54, 1.807) is 19.2 Å². The van der Waals surface area contributed by atoms with Gasteiger partial charge < -0.3 is 14.4 Å². The van der Waals surface area contributed by atoms with Gasteiger partial charge in [-0.1, -0.05) is 91.7 Å². The normalized spacial score (nSPS) is 16.3. The number of anilines is 1. The molecule has 1 fully saturated rings. The Balaban J connectivity index is 1.21. The number of sulfonamides is 1. The third-order valence-corrected chi connectivity index (χ3v) is 11.5. The summed E-state index contributed by atoms with van der Waals surface area (Å²) in [6.45, 7) is 3.20. The van der Waals surface area contributed by atoms with E-state index in [4.69, 9.17) is 9.47 Å². The average Bonchev–Trinajstić information content (AvgIpc) is 3.15. The van der Waals surface area contributed by atoms with Crippen LogP contribution in [0.15, 0.2) is 103 Å². The fourth-order valence-electron chi connectivity index (χ4n) is 7.03. The number of rotatable bonds is 21. The van der Waals surface area contributed by atoms with Crippen molar-refractivity contribution in [2.24, 2.45) is 5.92 Å². The molecule has 1 saturated heterocycles. The van der Waals surface area contributed by atoms with E-state index in [1.165, 1.54) is 40.7 Å². The van der Waals surface area contributed by atoms with Crippen LogP contribution in [-0.2, 0) is 48.5 Å². The van der Waals surface area contributed by atoms with Gasteiger partial charge in [0.2, 0.25) is 15.9 Å². The summed E-state index contributed by atoms with van der Waals surface area (Å²) in [5.41, 5.74) is 6.04. The maximum atomic E-state index is 13.9. The number of ether oxygens (including phenoxy) is 2. The van der Waals surface area contributed by atoms with Crippen molar-refractivity contribution in [2.45, 2.75) is 83.5 Å². The number of amides is 1. The number of hydrogen-bond donors (Lipinski definition) is 0. The molecule has 5 rings (SSSR count). The first-order valence-corrected chi connectivity index (χ1v) is 20.8. The number of β-lactam (4-membered cyclic amide) rings is 1. The minimum Gasteiger partial charge on any atom is -0.458 e. The number of esters is 1. The van der Waals surface area contributed by atoms with E-state index in [2.05, 4.69) is 36.4 Å². The molecule has 1 aliphatic rings. The summed E-state index contributed by atoms with van der Waals surface area (Å²) in [6.07, 6.45) is 8.27. The minimum atomic E-state index is -3.22. The fraction of sp³-hybridized carbons (Fsp3) is 0.409. The zero-order valence-corrected chi connectivity index (χ0v) is 32.5. The van der Waals surface area contributed by atoms with Gasteiger partial charge in [0.05, 0.1) is 24.8 Å². The lowest BCUT2D eigenvalue weighted by molar-refractivity contribution is -0.147. The standard InChI is InChI=1S/C44H53FN2O6S/c1-33(48)53-42(37-22-24-39(45)25-23-37)29-28-41-43(47(44(41)49)40-26-18-35(19-27-40)15-11-30-46(2)54(3,50)51)38-20-16-34(17-21-38)12-7-4-5-10-31-52-32-36-13-8-6-9-14-36/h6,8-9,13-14,16-27,41-43H,4-5,7,10-12,15,28-32H2,1-3H3/t41-,42?,43-/m1/s1. The molecule has 0 aliphatic carbocycles. The second-order valence-electron chi connectivity index (χ2n) is 14.3. The van der Waals surface area contributed by atoms with Crippen LogP contribution in [0.4, 0.5) is 10.1 Å². The number of benzene rings is 4. The Bertz CT molecular complexity index is 1890. The number of carbonyl (C=O) groups excluding carboxylic acids is 2. The largest absolute Gasteiger partial charge is 0.458 e. The van der Waals surface area contributed by atoms with E-state index < -0.39 is 22.1 Å². The van der Waals surface area contributed by atoms with E-state index >= 15 is 0 Å². The number of nitrogens with zero attached hydrogens (tertiary/aromatic N) is 2. The SMILES string of the molecule is CC(=O)OC(CC[C@H]1C(=O)N(c2ccc(CCCN(C)S(C)(=O)=O)cc2)[C@@H]1c1ccc(CCCCCCOCc2ccccc2)cc1)c1ccc(F)cc1. The number of unbranched alkanes of at least 4 members (excludes halogenated alkanes) is 3. The monoisotopic (exact) mass is 756 g/mol. The highest BCUT2D eigenvalue weighted by Gasteiger charge is 2.48. The van der Waals surface area contributed by atoms with Gasteiger partial charge in [0, 0.05) is 32.8 Å². The van der Waals surface area contributed by atoms with Gasteiger partial charge >= 0.3 is 5.97 Å². The van der Waals surface area contributed by atoms with Crippen LogP contribution in [0.2, 0.25) is 0 Å². The number of carbonyl (C=O) groups is 2. The molecule has 8 nitrogen and oxygen atoms in total. The lowest BCUT2D eigenvalue weighted by atomic mass is 9.78. The van der Waals surface area contributed by atoms with Gasteiger partial charge in [-0.2, -0.15) is 0 Å². The molecular weight excluding hydrogens is 704 g/mol. The Morgan fingerprint density at radius 1 is 0.815 bits per heavy atom. The molecule has 0 N–H and O–H groups in total. The molecule has 10 heteroatoms. The first-order valence-electron chi connectivity index (χ1n) is 19.0. The average molecular weight is 757 g/mol. The Kier molecular flexibility index (Phi) is 15.0. The van der Waals surface area contributed by atoms with Gasteiger partial charge in [-0.25, -0.2) is 17.1 Å². The molecule has 1 unspecified atom stereocenters. The van der Waals surface area contributed by atoms with E-state index in [-0.39, 0.29) is 23.7 Å². The molecule has 1 heterocycles. The third-order valence-electron chi connectivity index (χ3n) is 10.2. The van der Waals surface area contributed by atoms with Crippen LogP contribution in [0.5, 0.6) is 0 Å². The predicted octanol–water partition coefficient (Wildman–Crippen LogP) is 8.76. The van der Waals surface area contributed by atoms with Crippen molar-refractivity contribution in [3.8, 4) is 0 Å². The van der Waals surface area contributed by atoms with Gasteiger partial charge in [-0.3, -0.25) is 9.59 Å². The smallest absolute Gasteiger partial charge is 0.303 e. The molecule has 0 saturated carbocycles. The summed E-state index contributed by atoms with van der Waals surface area (Å²) >= 11 is 0. The van der Waals surface area contributed by atoms with Crippen molar-refractivity contribution in [1.82, 2.24) is 4.31 Å². The molecule has 0 bridgehead atoms. The quantitative estimate of drug-likeness (QED) is 0.0480. The Labute approximate surface area is 320 Å². The maximum Gasteiger partial charge on any atom is 0.303 e. The van der Waals surface area contributed by atoms with Crippen LogP contribution < -0.4 is 4.90 Å². The molecule has 0 radical (unpaired) electrons. The highest BCUT2D eigenvalue weighted by atomic mass is 32.2. The van der Waals surface area contributed by atoms with Gasteiger partial charge in [0.1, 0.15) is 11.9 Å². The summed E-state index contributed by atoms with van der Waals surface area (Å²) in [4.78, 5) is 27.7.